The smallest absolute Gasteiger partial charge is 0.190 e. The van der Waals surface area contributed by atoms with E-state index in [-0.39, 0.29) is 0 Å². The van der Waals surface area contributed by atoms with Crippen molar-refractivity contribution in [3.8, 4) is 6.07 Å². The van der Waals surface area contributed by atoms with Gasteiger partial charge in [-0.25, -0.2) is 17.6 Å². The standard InChI is InChI=1S/C15H7F4NO/c16-8-4-5-9(13(19)6-8)10(7-20)15(21)14-11(17)2-1-3-12(14)18/h1-6,10H. The first kappa shape index (κ1) is 14.7. The summed E-state index contributed by atoms with van der Waals surface area (Å²) < 4.78 is 53.6. The molecule has 0 aliphatic heterocycles. The molecule has 2 aromatic rings. The summed E-state index contributed by atoms with van der Waals surface area (Å²) in [7, 11) is 0. The third-order valence-corrected chi connectivity index (χ3v) is 2.87. The number of rotatable bonds is 3. The Bertz CT molecular complexity index is 732. The van der Waals surface area contributed by atoms with Gasteiger partial charge >= 0.3 is 0 Å². The molecule has 0 fully saturated rings. The van der Waals surface area contributed by atoms with Gasteiger partial charge in [0.05, 0.1) is 11.6 Å². The van der Waals surface area contributed by atoms with Gasteiger partial charge in [0.15, 0.2) is 5.78 Å². The molecule has 2 aromatic carbocycles. The molecular formula is C15H7F4NO. The normalized spacial score (nSPS) is 11.8. The van der Waals surface area contributed by atoms with Gasteiger partial charge in [0.1, 0.15) is 29.2 Å². The predicted octanol–water partition coefficient (Wildman–Crippen LogP) is 3.73. The van der Waals surface area contributed by atoms with Crippen LogP contribution in [0.1, 0.15) is 21.8 Å². The molecule has 2 rings (SSSR count). The highest BCUT2D eigenvalue weighted by molar-refractivity contribution is 6.03. The van der Waals surface area contributed by atoms with Gasteiger partial charge < -0.3 is 0 Å². The molecule has 0 amide bonds. The summed E-state index contributed by atoms with van der Waals surface area (Å²) in [6.45, 7) is 0. The molecule has 0 bridgehead atoms. The Morgan fingerprint density at radius 2 is 1.62 bits per heavy atom. The highest BCUT2D eigenvalue weighted by atomic mass is 19.1. The van der Waals surface area contributed by atoms with Gasteiger partial charge in [0, 0.05) is 11.6 Å². The van der Waals surface area contributed by atoms with Crippen LogP contribution in [-0.4, -0.2) is 5.78 Å². The fourth-order valence-corrected chi connectivity index (χ4v) is 1.88. The van der Waals surface area contributed by atoms with Crippen molar-refractivity contribution >= 4 is 5.78 Å². The van der Waals surface area contributed by atoms with Crippen LogP contribution in [0.15, 0.2) is 36.4 Å². The number of carbonyl (C=O) groups excluding carboxylic acids is 1. The predicted molar refractivity (Wildman–Crippen MR) is 65.4 cm³/mol. The van der Waals surface area contributed by atoms with Crippen LogP contribution in [0.3, 0.4) is 0 Å². The highest BCUT2D eigenvalue weighted by Gasteiger charge is 2.29. The third kappa shape index (κ3) is 2.77. The molecule has 0 saturated heterocycles. The minimum Gasteiger partial charge on any atom is -0.292 e. The molecule has 0 aliphatic rings. The van der Waals surface area contributed by atoms with E-state index < -0.39 is 46.1 Å². The topological polar surface area (TPSA) is 40.9 Å². The Morgan fingerprint density at radius 3 is 2.14 bits per heavy atom. The zero-order valence-electron chi connectivity index (χ0n) is 10.4. The Hall–Kier alpha value is -2.68. The third-order valence-electron chi connectivity index (χ3n) is 2.87. The Morgan fingerprint density at radius 1 is 1.00 bits per heavy atom. The van der Waals surface area contributed by atoms with Crippen LogP contribution in [-0.2, 0) is 0 Å². The summed E-state index contributed by atoms with van der Waals surface area (Å²) in [6, 6.07) is 6.49. The highest BCUT2D eigenvalue weighted by Crippen LogP contribution is 2.26. The molecule has 1 atom stereocenters. The number of benzene rings is 2. The Balaban J connectivity index is 2.52. The van der Waals surface area contributed by atoms with Gasteiger partial charge in [-0.2, -0.15) is 5.26 Å². The Kier molecular flexibility index (Phi) is 4.03. The van der Waals surface area contributed by atoms with Gasteiger partial charge in [0.2, 0.25) is 0 Å². The van der Waals surface area contributed by atoms with Gasteiger partial charge in [-0.15, -0.1) is 0 Å². The second-order valence-corrected chi connectivity index (χ2v) is 4.19. The average Bonchev–Trinajstić information content (AvgIpc) is 2.41. The van der Waals surface area contributed by atoms with E-state index >= 15 is 0 Å². The number of hydrogen-bond acceptors (Lipinski definition) is 2. The fourth-order valence-electron chi connectivity index (χ4n) is 1.88. The van der Waals surface area contributed by atoms with E-state index in [2.05, 4.69) is 0 Å². The second kappa shape index (κ2) is 5.75. The summed E-state index contributed by atoms with van der Waals surface area (Å²) in [5.41, 5.74) is -1.36. The number of carbonyl (C=O) groups is 1. The van der Waals surface area contributed by atoms with Crippen molar-refractivity contribution in [2.75, 3.05) is 0 Å². The van der Waals surface area contributed by atoms with Gasteiger partial charge in [-0.1, -0.05) is 12.1 Å². The molecule has 2 nitrogen and oxygen atoms in total. The summed E-state index contributed by atoms with van der Waals surface area (Å²) in [5, 5.41) is 9.01. The van der Waals surface area contributed by atoms with Crippen molar-refractivity contribution in [1.82, 2.24) is 0 Å². The lowest BCUT2D eigenvalue weighted by atomic mass is 9.91. The lowest BCUT2D eigenvalue weighted by molar-refractivity contribution is 0.0969. The number of nitrogens with zero attached hydrogens (tertiary/aromatic N) is 1. The first-order valence-electron chi connectivity index (χ1n) is 5.78. The van der Waals surface area contributed by atoms with Crippen molar-refractivity contribution in [3.63, 3.8) is 0 Å². The van der Waals surface area contributed by atoms with Crippen LogP contribution in [0.25, 0.3) is 0 Å². The van der Waals surface area contributed by atoms with E-state index in [1.54, 1.807) is 0 Å². The van der Waals surface area contributed by atoms with E-state index in [1.807, 2.05) is 0 Å². The molecule has 0 N–H and O–H groups in total. The summed E-state index contributed by atoms with van der Waals surface area (Å²) in [6.07, 6.45) is 0. The number of halogens is 4. The molecule has 0 aliphatic carbocycles. The molecule has 21 heavy (non-hydrogen) atoms. The van der Waals surface area contributed by atoms with Crippen molar-refractivity contribution in [2.24, 2.45) is 0 Å². The zero-order valence-corrected chi connectivity index (χ0v) is 10.4. The largest absolute Gasteiger partial charge is 0.292 e. The SMILES string of the molecule is N#CC(C(=O)c1c(F)cccc1F)c1ccc(F)cc1F. The van der Waals surface area contributed by atoms with E-state index in [0.29, 0.717) is 6.07 Å². The maximum atomic E-state index is 13.6. The van der Waals surface area contributed by atoms with E-state index in [9.17, 15) is 22.4 Å². The fraction of sp³-hybridized carbons (Fsp3) is 0.0667. The van der Waals surface area contributed by atoms with Gasteiger partial charge in [0.25, 0.3) is 0 Å². The molecule has 106 valence electrons. The second-order valence-electron chi connectivity index (χ2n) is 4.19. The summed E-state index contributed by atoms with van der Waals surface area (Å²) in [4.78, 5) is 12.1. The van der Waals surface area contributed by atoms with Crippen LogP contribution in [0.4, 0.5) is 17.6 Å². The maximum Gasteiger partial charge on any atom is 0.190 e. The monoisotopic (exact) mass is 293 g/mol. The van der Waals surface area contributed by atoms with Crippen molar-refractivity contribution in [3.05, 3.63) is 70.8 Å². The van der Waals surface area contributed by atoms with Gasteiger partial charge in [-0.05, 0) is 18.2 Å². The number of nitriles is 1. The first-order chi connectivity index (χ1) is 9.95. The van der Waals surface area contributed by atoms with Crippen LogP contribution in [0.2, 0.25) is 0 Å². The number of hydrogen-bond donors (Lipinski definition) is 0. The lowest BCUT2D eigenvalue weighted by Gasteiger charge is -2.11. The Labute approximate surface area is 117 Å². The van der Waals surface area contributed by atoms with E-state index in [1.165, 1.54) is 6.07 Å². The van der Waals surface area contributed by atoms with Crippen LogP contribution >= 0.6 is 0 Å². The molecule has 0 saturated carbocycles. The molecule has 0 aromatic heterocycles. The number of ketones is 1. The summed E-state index contributed by atoms with van der Waals surface area (Å²) >= 11 is 0. The zero-order chi connectivity index (χ0) is 15.6. The van der Waals surface area contributed by atoms with Gasteiger partial charge in [-0.3, -0.25) is 4.79 Å². The van der Waals surface area contributed by atoms with Crippen molar-refractivity contribution in [1.29, 1.82) is 5.26 Å². The maximum absolute atomic E-state index is 13.6. The number of Topliss-reactive ketones (excluding diaryl/α,β-unsaturated/α-hetero) is 1. The van der Waals surface area contributed by atoms with Crippen LogP contribution < -0.4 is 0 Å². The lowest BCUT2D eigenvalue weighted by Crippen LogP contribution is -2.16. The van der Waals surface area contributed by atoms with E-state index in [4.69, 9.17) is 5.26 Å². The van der Waals surface area contributed by atoms with E-state index in [0.717, 1.165) is 30.3 Å². The average molecular weight is 293 g/mol. The quantitative estimate of drug-likeness (QED) is 0.639. The molecule has 6 heteroatoms. The minimum atomic E-state index is -1.77. The molecule has 0 radical (unpaired) electrons. The minimum absolute atomic E-state index is 0.438. The molecular weight excluding hydrogens is 286 g/mol. The molecule has 0 heterocycles. The summed E-state index contributed by atoms with van der Waals surface area (Å²) in [5.74, 6) is -7.31. The molecule has 0 spiro atoms. The first-order valence-corrected chi connectivity index (χ1v) is 5.78. The van der Waals surface area contributed by atoms with Crippen LogP contribution in [0, 0.1) is 34.6 Å². The van der Waals surface area contributed by atoms with Crippen molar-refractivity contribution < 1.29 is 22.4 Å². The van der Waals surface area contributed by atoms with Crippen molar-refractivity contribution in [2.45, 2.75) is 5.92 Å². The van der Waals surface area contributed by atoms with Crippen LogP contribution in [0.5, 0.6) is 0 Å². The molecule has 1 unspecified atom stereocenters.